The Labute approximate surface area is 397 Å². The second kappa shape index (κ2) is 20.5. The van der Waals surface area contributed by atoms with Gasteiger partial charge in [0, 0.05) is 51.7 Å². The van der Waals surface area contributed by atoms with Crippen LogP contribution < -0.4 is 20.1 Å². The van der Waals surface area contributed by atoms with Gasteiger partial charge in [-0.2, -0.15) is 4.31 Å². The van der Waals surface area contributed by atoms with Crippen LogP contribution in [0.15, 0.2) is 126 Å². The summed E-state index contributed by atoms with van der Waals surface area (Å²) in [4.78, 5) is 56.0. The molecule has 9 rings (SSSR count). The summed E-state index contributed by atoms with van der Waals surface area (Å²) in [6.45, 7) is 4.47. The van der Waals surface area contributed by atoms with Gasteiger partial charge in [0.2, 0.25) is 0 Å². The lowest BCUT2D eigenvalue weighted by Gasteiger charge is -2.19. The highest BCUT2D eigenvalue weighted by Crippen LogP contribution is 2.32. The number of carbonyl (C=O) groups is 3. The van der Waals surface area contributed by atoms with Gasteiger partial charge in [-0.15, -0.1) is 0 Å². The van der Waals surface area contributed by atoms with Crippen LogP contribution in [0.2, 0.25) is 0 Å². The number of benzene rings is 5. The Bertz CT molecular complexity index is 3200. The summed E-state index contributed by atoms with van der Waals surface area (Å²) >= 11 is 0. The predicted molar refractivity (Wildman–Crippen MR) is 258 cm³/mol. The summed E-state index contributed by atoms with van der Waals surface area (Å²) in [6, 6.07) is 29.2. The van der Waals surface area contributed by atoms with Gasteiger partial charge < -0.3 is 30.3 Å². The number of hydrogen-bond donors (Lipinski definition) is 4. The van der Waals surface area contributed by atoms with Crippen LogP contribution in [0.1, 0.15) is 68.7 Å². The van der Waals surface area contributed by atoms with E-state index in [2.05, 4.69) is 20.6 Å². The van der Waals surface area contributed by atoms with E-state index in [9.17, 15) is 43.1 Å². The Morgan fingerprint density at radius 2 is 1.17 bits per heavy atom. The molecule has 69 heavy (non-hydrogen) atoms. The fourth-order valence-corrected chi connectivity index (χ4v) is 8.81. The fraction of sp³-hybridized carbons (Fsp3) is 0.235. The van der Waals surface area contributed by atoms with Gasteiger partial charge in [-0.3, -0.25) is 29.7 Å². The van der Waals surface area contributed by atoms with E-state index in [-0.39, 0.29) is 28.3 Å². The second-order valence-corrected chi connectivity index (χ2v) is 18.8. The lowest BCUT2D eigenvalue weighted by Crippen LogP contribution is -2.35. The first-order chi connectivity index (χ1) is 33.2. The number of ether oxygens (including phenoxy) is 2. The number of nitrogens with one attached hydrogen (secondary N) is 2. The largest absolute Gasteiger partial charge is 0.493 e. The number of nitro groups is 1. The SMILES string of the molecule is Cc1c(NC(=O)c2ccc(OCC3CC3)cc2)ccc2cc(CN(C(=O)O)S(=O)(=O)c3ccccc3[N+](=O)[O-])cnc12.Cc1c(NC(=O)c2ccc(OCC3CC3)cc2)ccc2cc(CO)cnc12. The lowest BCUT2D eigenvalue weighted by atomic mass is 10.1. The standard InChI is InChI=1S/C29H26N4O8S.C22H22N2O3/c1-18-24(31-28(34)21-8-11-23(12-9-21)41-17-19-6-7-19)13-10-22-14-20(15-30-27(18)22)16-32(29(35)36)42(39,40)26-5-3-2-4-25(26)33(37)38;1-14-20(9-6-18-10-16(12-25)11-23-21(14)18)24-22(26)17-4-7-19(8-5-17)27-13-15-2-3-15/h2-5,8-15,19H,6-7,16-17H2,1H3,(H,31,34)(H,35,36);4-11,15,25H,2-3,12-13H2,1H3,(H,24,26). The van der Waals surface area contributed by atoms with Gasteiger partial charge in [-0.05, 0) is 152 Å². The van der Waals surface area contributed by atoms with Crippen molar-refractivity contribution in [2.75, 3.05) is 23.8 Å². The maximum absolute atomic E-state index is 13.1. The molecule has 0 radical (unpaired) electrons. The van der Waals surface area contributed by atoms with Crippen LogP contribution in [0.5, 0.6) is 11.5 Å². The maximum atomic E-state index is 13.1. The first kappa shape index (κ1) is 47.5. The molecule has 2 fully saturated rings. The second-order valence-electron chi connectivity index (χ2n) is 16.9. The number of fused-ring (bicyclic) bond motifs is 2. The molecule has 7 aromatic rings. The van der Waals surface area contributed by atoms with Crippen molar-refractivity contribution in [2.24, 2.45) is 11.8 Å². The highest BCUT2D eigenvalue weighted by molar-refractivity contribution is 7.89. The number of nitrogens with zero attached hydrogens (tertiary/aromatic N) is 4. The van der Waals surface area contributed by atoms with Crippen molar-refractivity contribution in [3.63, 3.8) is 0 Å². The topological polar surface area (TPSA) is 240 Å². The van der Waals surface area contributed by atoms with E-state index >= 15 is 0 Å². The molecule has 2 aliphatic rings. The van der Waals surface area contributed by atoms with Gasteiger partial charge in [-0.25, -0.2) is 13.2 Å². The quantitative estimate of drug-likeness (QED) is 0.0522. The number of carbonyl (C=O) groups excluding carboxylic acids is 2. The number of aliphatic hydroxyl groups is 1. The molecule has 0 bridgehead atoms. The number of aromatic nitrogens is 2. The van der Waals surface area contributed by atoms with E-state index in [0.29, 0.717) is 57.5 Å². The number of nitro benzene ring substituents is 1. The van der Waals surface area contributed by atoms with Gasteiger partial charge in [0.25, 0.3) is 27.5 Å². The molecule has 2 heterocycles. The highest BCUT2D eigenvalue weighted by atomic mass is 32.2. The van der Waals surface area contributed by atoms with Crippen molar-refractivity contribution < 1.29 is 47.4 Å². The third kappa shape index (κ3) is 11.4. The molecule has 4 N–H and O–H groups in total. The Kier molecular flexibility index (Phi) is 14.1. The van der Waals surface area contributed by atoms with Crippen molar-refractivity contribution in [2.45, 2.75) is 57.6 Å². The zero-order valence-electron chi connectivity index (χ0n) is 37.6. The average Bonchev–Trinajstić information content (AvgIpc) is 4.31. The van der Waals surface area contributed by atoms with Crippen molar-refractivity contribution in [1.82, 2.24) is 14.3 Å². The van der Waals surface area contributed by atoms with E-state index in [0.717, 1.165) is 52.2 Å². The van der Waals surface area contributed by atoms with Crippen molar-refractivity contribution in [1.29, 1.82) is 0 Å². The van der Waals surface area contributed by atoms with Crippen molar-refractivity contribution >= 4 is 66.8 Å². The molecule has 0 saturated heterocycles. The van der Waals surface area contributed by atoms with Crippen LogP contribution >= 0.6 is 0 Å². The summed E-state index contributed by atoms with van der Waals surface area (Å²) in [5.41, 5.74) is 5.44. The molecule has 18 heteroatoms. The first-order valence-corrected chi connectivity index (χ1v) is 23.6. The van der Waals surface area contributed by atoms with Crippen LogP contribution in [0.3, 0.4) is 0 Å². The van der Waals surface area contributed by atoms with Gasteiger partial charge in [-0.1, -0.05) is 24.3 Å². The number of rotatable bonds is 16. The molecule has 2 saturated carbocycles. The molecule has 2 aliphatic carbocycles. The number of anilines is 2. The molecule has 0 unspecified atom stereocenters. The fourth-order valence-electron chi connectivity index (χ4n) is 7.39. The number of amides is 3. The van der Waals surface area contributed by atoms with Crippen LogP contribution in [0, 0.1) is 35.8 Å². The Morgan fingerprint density at radius 1 is 0.710 bits per heavy atom. The van der Waals surface area contributed by atoms with E-state index in [1.807, 2.05) is 37.3 Å². The molecule has 0 spiro atoms. The minimum Gasteiger partial charge on any atom is -0.493 e. The number of pyridine rings is 2. The number of para-hydroxylation sites is 1. The summed E-state index contributed by atoms with van der Waals surface area (Å²) in [6.07, 6.45) is 6.05. The summed E-state index contributed by atoms with van der Waals surface area (Å²) in [5.74, 6) is 2.33. The summed E-state index contributed by atoms with van der Waals surface area (Å²) in [7, 11) is -4.78. The molecule has 354 valence electrons. The van der Waals surface area contributed by atoms with Crippen molar-refractivity contribution in [3.8, 4) is 11.5 Å². The first-order valence-electron chi connectivity index (χ1n) is 22.1. The predicted octanol–water partition coefficient (Wildman–Crippen LogP) is 9.44. The average molecular weight is 953 g/mol. The van der Waals surface area contributed by atoms with E-state index < -0.39 is 38.2 Å². The highest BCUT2D eigenvalue weighted by Gasteiger charge is 2.35. The third-order valence-corrected chi connectivity index (χ3v) is 13.5. The van der Waals surface area contributed by atoms with E-state index in [1.165, 1.54) is 44.0 Å². The normalized spacial score (nSPS) is 13.2. The van der Waals surface area contributed by atoms with Crippen LogP contribution in [0.25, 0.3) is 21.8 Å². The van der Waals surface area contributed by atoms with E-state index in [1.54, 1.807) is 67.7 Å². The Balaban J connectivity index is 0.000000204. The van der Waals surface area contributed by atoms with Gasteiger partial charge in [0.1, 0.15) is 11.5 Å². The molecule has 0 aliphatic heterocycles. The molecule has 3 amide bonds. The number of hydrogen-bond acceptors (Lipinski definition) is 12. The van der Waals surface area contributed by atoms with Gasteiger partial charge in [0.05, 0.1) is 42.3 Å². The smallest absolute Gasteiger partial charge is 0.421 e. The monoisotopic (exact) mass is 952 g/mol. The summed E-state index contributed by atoms with van der Waals surface area (Å²) in [5, 5.41) is 37.7. The number of carboxylic acid groups (broad SMARTS) is 1. The van der Waals surface area contributed by atoms with Gasteiger partial charge >= 0.3 is 6.09 Å². The Morgan fingerprint density at radius 3 is 1.62 bits per heavy atom. The van der Waals surface area contributed by atoms with Crippen LogP contribution in [0.4, 0.5) is 21.9 Å². The third-order valence-electron chi connectivity index (χ3n) is 11.8. The molecule has 5 aromatic carbocycles. The molecular formula is C51H48N6O11S. The van der Waals surface area contributed by atoms with Crippen LogP contribution in [-0.4, -0.2) is 68.9 Å². The molecule has 0 atom stereocenters. The van der Waals surface area contributed by atoms with Gasteiger partial charge in [0.15, 0.2) is 4.90 Å². The van der Waals surface area contributed by atoms with E-state index in [4.69, 9.17) is 9.47 Å². The summed E-state index contributed by atoms with van der Waals surface area (Å²) < 4.78 is 37.8. The minimum atomic E-state index is -4.78. The van der Waals surface area contributed by atoms with Crippen molar-refractivity contribution in [3.05, 3.63) is 165 Å². The Hall–Kier alpha value is -7.96. The zero-order valence-corrected chi connectivity index (χ0v) is 38.4. The number of aryl methyl sites for hydroxylation is 2. The lowest BCUT2D eigenvalue weighted by molar-refractivity contribution is -0.387. The van der Waals surface area contributed by atoms with Crippen LogP contribution in [-0.2, 0) is 23.2 Å². The molecule has 2 aromatic heterocycles. The maximum Gasteiger partial charge on any atom is 0.421 e. The minimum absolute atomic E-state index is 0.0408. The molecule has 17 nitrogen and oxygen atoms in total. The zero-order chi connectivity index (χ0) is 48.8. The number of sulfonamides is 1. The number of aliphatic hydroxyl groups excluding tert-OH is 1. The molecular weight excluding hydrogens is 905 g/mol.